The molecular formula is C14H17NO2S. The van der Waals surface area contributed by atoms with Crippen LogP contribution in [0.5, 0.6) is 0 Å². The molecule has 96 valence electrons. The van der Waals surface area contributed by atoms with Crippen LogP contribution in [0.4, 0.5) is 0 Å². The summed E-state index contributed by atoms with van der Waals surface area (Å²) < 4.78 is 0. The lowest BCUT2D eigenvalue weighted by molar-refractivity contribution is 0.278. The van der Waals surface area contributed by atoms with E-state index >= 15 is 0 Å². The van der Waals surface area contributed by atoms with Gasteiger partial charge in [0.05, 0.1) is 12.1 Å². The van der Waals surface area contributed by atoms with Crippen LogP contribution >= 0.6 is 11.8 Å². The Kier molecular flexibility index (Phi) is 4.58. The second-order valence-electron chi connectivity index (χ2n) is 4.24. The zero-order valence-electron chi connectivity index (χ0n) is 10.3. The van der Waals surface area contributed by atoms with Crippen LogP contribution in [-0.2, 0) is 6.61 Å². The van der Waals surface area contributed by atoms with Crippen molar-refractivity contribution in [1.82, 2.24) is 4.98 Å². The Morgan fingerprint density at radius 1 is 1.28 bits per heavy atom. The van der Waals surface area contributed by atoms with Crippen molar-refractivity contribution in [2.75, 3.05) is 6.61 Å². The predicted octanol–water partition coefficient (Wildman–Crippen LogP) is 2.59. The van der Waals surface area contributed by atoms with Crippen LogP contribution in [0.15, 0.2) is 35.4 Å². The SMILES string of the molecule is CC(CCO)Sc1nc2ccccc2cc1CO. The summed E-state index contributed by atoms with van der Waals surface area (Å²) in [6, 6.07) is 9.87. The molecule has 18 heavy (non-hydrogen) atoms. The molecule has 1 atom stereocenters. The first kappa shape index (κ1) is 13.3. The van der Waals surface area contributed by atoms with E-state index in [0.29, 0.717) is 0 Å². The molecule has 0 amide bonds. The Morgan fingerprint density at radius 2 is 2.06 bits per heavy atom. The van der Waals surface area contributed by atoms with Crippen LogP contribution in [-0.4, -0.2) is 27.1 Å². The topological polar surface area (TPSA) is 53.4 Å². The van der Waals surface area contributed by atoms with Gasteiger partial charge in [-0.1, -0.05) is 25.1 Å². The van der Waals surface area contributed by atoms with E-state index in [1.165, 1.54) is 0 Å². The van der Waals surface area contributed by atoms with Crippen LogP contribution in [0, 0.1) is 0 Å². The van der Waals surface area contributed by atoms with Crippen LogP contribution in [0.3, 0.4) is 0 Å². The number of hydrogen-bond acceptors (Lipinski definition) is 4. The molecule has 2 N–H and O–H groups in total. The molecule has 2 rings (SSSR count). The molecule has 0 spiro atoms. The number of rotatable bonds is 5. The molecule has 3 nitrogen and oxygen atoms in total. The molecule has 1 aromatic heterocycles. The summed E-state index contributed by atoms with van der Waals surface area (Å²) in [7, 11) is 0. The summed E-state index contributed by atoms with van der Waals surface area (Å²) >= 11 is 1.60. The fraction of sp³-hybridized carbons (Fsp3) is 0.357. The first-order valence-electron chi connectivity index (χ1n) is 6.01. The number of pyridine rings is 1. The number of thioether (sulfide) groups is 1. The normalized spacial score (nSPS) is 12.8. The number of aliphatic hydroxyl groups is 2. The van der Waals surface area contributed by atoms with Gasteiger partial charge in [0.25, 0.3) is 0 Å². The quantitative estimate of drug-likeness (QED) is 0.814. The molecule has 0 radical (unpaired) electrons. The third kappa shape index (κ3) is 3.02. The van der Waals surface area contributed by atoms with Gasteiger partial charge in [-0.3, -0.25) is 0 Å². The molecule has 4 heteroatoms. The van der Waals surface area contributed by atoms with E-state index in [2.05, 4.69) is 11.9 Å². The Bertz CT molecular complexity index is 530. The van der Waals surface area contributed by atoms with Crippen molar-refractivity contribution in [3.05, 3.63) is 35.9 Å². The molecule has 0 aliphatic rings. The van der Waals surface area contributed by atoms with Crippen molar-refractivity contribution in [1.29, 1.82) is 0 Å². The summed E-state index contributed by atoms with van der Waals surface area (Å²) in [6.07, 6.45) is 0.726. The molecule has 0 saturated carbocycles. The van der Waals surface area contributed by atoms with Gasteiger partial charge in [-0.25, -0.2) is 4.98 Å². The third-order valence-electron chi connectivity index (χ3n) is 2.78. The second-order valence-corrected chi connectivity index (χ2v) is 5.67. The Labute approximate surface area is 111 Å². The minimum atomic E-state index is -0.00792. The third-order valence-corrected chi connectivity index (χ3v) is 4.00. The largest absolute Gasteiger partial charge is 0.396 e. The van der Waals surface area contributed by atoms with E-state index in [-0.39, 0.29) is 18.5 Å². The summed E-state index contributed by atoms with van der Waals surface area (Å²) in [6.45, 7) is 2.22. The summed E-state index contributed by atoms with van der Waals surface area (Å²) in [5, 5.41) is 20.5. The molecule has 0 bridgehead atoms. The Hall–Kier alpha value is -1.10. The van der Waals surface area contributed by atoms with Gasteiger partial charge in [0.2, 0.25) is 0 Å². The number of aromatic nitrogens is 1. The monoisotopic (exact) mass is 263 g/mol. The number of benzene rings is 1. The van der Waals surface area contributed by atoms with E-state index in [9.17, 15) is 5.11 Å². The van der Waals surface area contributed by atoms with Crippen LogP contribution in [0.25, 0.3) is 10.9 Å². The van der Waals surface area contributed by atoms with Crippen LogP contribution in [0.1, 0.15) is 18.9 Å². The smallest absolute Gasteiger partial charge is 0.102 e. The standard InChI is InChI=1S/C14H17NO2S/c1-10(6-7-16)18-14-12(9-17)8-11-4-2-3-5-13(11)15-14/h2-5,8,10,16-17H,6-7,9H2,1H3. The lowest BCUT2D eigenvalue weighted by Gasteiger charge is -2.12. The molecule has 0 saturated heterocycles. The van der Waals surface area contributed by atoms with Crippen molar-refractivity contribution in [2.45, 2.75) is 30.2 Å². The minimum Gasteiger partial charge on any atom is -0.396 e. The molecule has 2 aromatic rings. The molecule has 1 heterocycles. The Balaban J connectivity index is 2.35. The second kappa shape index (κ2) is 6.18. The highest BCUT2D eigenvalue weighted by Gasteiger charge is 2.10. The van der Waals surface area contributed by atoms with Crippen molar-refractivity contribution in [3.63, 3.8) is 0 Å². The van der Waals surface area contributed by atoms with Gasteiger partial charge in [0.1, 0.15) is 5.03 Å². The van der Waals surface area contributed by atoms with Gasteiger partial charge in [-0.05, 0) is 18.6 Å². The number of para-hydroxylation sites is 1. The van der Waals surface area contributed by atoms with Crippen molar-refractivity contribution in [3.8, 4) is 0 Å². The maximum absolute atomic E-state index is 9.42. The van der Waals surface area contributed by atoms with E-state index < -0.39 is 0 Å². The van der Waals surface area contributed by atoms with Gasteiger partial charge in [0.15, 0.2) is 0 Å². The average Bonchev–Trinajstić information content (AvgIpc) is 2.38. The van der Waals surface area contributed by atoms with E-state index in [4.69, 9.17) is 5.11 Å². The molecular weight excluding hydrogens is 246 g/mol. The molecule has 0 aliphatic heterocycles. The fourth-order valence-corrected chi connectivity index (χ4v) is 2.82. The predicted molar refractivity (Wildman–Crippen MR) is 74.7 cm³/mol. The molecule has 1 aromatic carbocycles. The van der Waals surface area contributed by atoms with Crippen LogP contribution in [0.2, 0.25) is 0 Å². The van der Waals surface area contributed by atoms with E-state index in [1.54, 1.807) is 11.8 Å². The minimum absolute atomic E-state index is 0.00792. The molecule has 1 unspecified atom stereocenters. The van der Waals surface area contributed by atoms with Crippen LogP contribution < -0.4 is 0 Å². The lowest BCUT2D eigenvalue weighted by Crippen LogP contribution is -2.02. The molecule has 0 fully saturated rings. The van der Waals surface area contributed by atoms with E-state index in [1.807, 2.05) is 30.3 Å². The highest BCUT2D eigenvalue weighted by molar-refractivity contribution is 7.99. The Morgan fingerprint density at radius 3 is 2.78 bits per heavy atom. The maximum atomic E-state index is 9.42. The number of hydrogen-bond donors (Lipinski definition) is 2. The summed E-state index contributed by atoms with van der Waals surface area (Å²) in [5.74, 6) is 0. The van der Waals surface area contributed by atoms with Gasteiger partial charge >= 0.3 is 0 Å². The number of fused-ring (bicyclic) bond motifs is 1. The van der Waals surface area contributed by atoms with Gasteiger partial charge in [-0.15, -0.1) is 11.8 Å². The zero-order valence-corrected chi connectivity index (χ0v) is 11.2. The number of nitrogens with zero attached hydrogens (tertiary/aromatic N) is 1. The summed E-state index contributed by atoms with van der Waals surface area (Å²) in [5.41, 5.74) is 1.79. The first-order chi connectivity index (χ1) is 8.74. The average molecular weight is 263 g/mol. The summed E-state index contributed by atoms with van der Waals surface area (Å²) in [4.78, 5) is 4.59. The highest BCUT2D eigenvalue weighted by Crippen LogP contribution is 2.29. The van der Waals surface area contributed by atoms with Crippen molar-refractivity contribution < 1.29 is 10.2 Å². The fourth-order valence-electron chi connectivity index (χ4n) is 1.79. The van der Waals surface area contributed by atoms with E-state index in [0.717, 1.165) is 27.9 Å². The lowest BCUT2D eigenvalue weighted by atomic mass is 10.2. The number of aliphatic hydroxyl groups excluding tert-OH is 2. The molecule has 0 aliphatic carbocycles. The van der Waals surface area contributed by atoms with Crippen molar-refractivity contribution >= 4 is 22.7 Å². The van der Waals surface area contributed by atoms with Gasteiger partial charge in [-0.2, -0.15) is 0 Å². The zero-order chi connectivity index (χ0) is 13.0. The first-order valence-corrected chi connectivity index (χ1v) is 6.89. The van der Waals surface area contributed by atoms with Crippen molar-refractivity contribution in [2.24, 2.45) is 0 Å². The maximum Gasteiger partial charge on any atom is 0.102 e. The highest BCUT2D eigenvalue weighted by atomic mass is 32.2. The van der Waals surface area contributed by atoms with Gasteiger partial charge < -0.3 is 10.2 Å². The van der Waals surface area contributed by atoms with Gasteiger partial charge in [0, 0.05) is 22.8 Å².